The summed E-state index contributed by atoms with van der Waals surface area (Å²) < 4.78 is 32.4. The van der Waals surface area contributed by atoms with Crippen molar-refractivity contribution in [2.45, 2.75) is 31.3 Å². The molecule has 1 aromatic rings. The van der Waals surface area contributed by atoms with Crippen LogP contribution in [0, 0.1) is 0 Å². The molecule has 3 atom stereocenters. The van der Waals surface area contributed by atoms with Crippen LogP contribution in [0.25, 0.3) is 0 Å². The summed E-state index contributed by atoms with van der Waals surface area (Å²) in [5, 5.41) is 2.64. The highest BCUT2D eigenvalue weighted by Gasteiger charge is 2.55. The summed E-state index contributed by atoms with van der Waals surface area (Å²) in [6.45, 7) is 3.08. The number of piperazine rings is 1. The molecule has 1 aromatic carbocycles. The van der Waals surface area contributed by atoms with Crippen molar-refractivity contribution in [3.8, 4) is 0 Å². The van der Waals surface area contributed by atoms with Gasteiger partial charge >= 0.3 is 28.1 Å². The van der Waals surface area contributed by atoms with E-state index in [4.69, 9.17) is 0 Å². The number of nitrogens with one attached hydrogen (secondary N) is 2. The molecule has 2 aliphatic heterocycles. The van der Waals surface area contributed by atoms with Gasteiger partial charge < -0.3 is 15.5 Å². The minimum absolute atomic E-state index is 0.0671. The lowest BCUT2D eigenvalue weighted by Crippen LogP contribution is -2.71. The van der Waals surface area contributed by atoms with Crippen molar-refractivity contribution in [2.24, 2.45) is 0 Å². The SMILES string of the molecule is CCN1CCN(C(=O)N[C@@H](C(=O)N[C@@H]2C(=O)N(S(=O)(=O)O)[C@H]2SC(C)=O)c2ccccc2)C(=O)C1=O. The number of amides is 6. The van der Waals surface area contributed by atoms with Crippen molar-refractivity contribution < 1.29 is 41.7 Å². The predicted molar refractivity (Wildman–Crippen MR) is 124 cm³/mol. The summed E-state index contributed by atoms with van der Waals surface area (Å²) in [7, 11) is -4.99. The molecular formula is C20H23N5O9S2. The van der Waals surface area contributed by atoms with Gasteiger partial charge in [0.25, 0.3) is 5.91 Å². The zero-order chi connectivity index (χ0) is 26.8. The van der Waals surface area contributed by atoms with Gasteiger partial charge in [-0.3, -0.25) is 33.4 Å². The Hall–Kier alpha value is -3.50. The number of thioether (sulfide) groups is 1. The van der Waals surface area contributed by atoms with Crippen molar-refractivity contribution in [1.29, 1.82) is 0 Å². The molecule has 2 heterocycles. The van der Waals surface area contributed by atoms with Crippen molar-refractivity contribution in [1.82, 2.24) is 24.7 Å². The van der Waals surface area contributed by atoms with Crippen LogP contribution in [0.3, 0.4) is 0 Å². The van der Waals surface area contributed by atoms with Crippen LogP contribution in [-0.2, 0) is 34.3 Å². The van der Waals surface area contributed by atoms with Crippen LogP contribution in [0.1, 0.15) is 25.5 Å². The molecule has 2 saturated heterocycles. The van der Waals surface area contributed by atoms with Gasteiger partial charge in [-0.2, -0.15) is 12.7 Å². The fourth-order valence-electron chi connectivity index (χ4n) is 3.66. The first-order valence-electron chi connectivity index (χ1n) is 10.6. The topological polar surface area (TPSA) is 191 Å². The lowest BCUT2D eigenvalue weighted by atomic mass is 10.0. The highest BCUT2D eigenvalue weighted by molar-refractivity contribution is 8.14. The Labute approximate surface area is 210 Å². The number of rotatable bonds is 7. The second kappa shape index (κ2) is 10.6. The first-order valence-corrected chi connectivity index (χ1v) is 12.9. The van der Waals surface area contributed by atoms with E-state index in [1.54, 1.807) is 25.1 Å². The molecule has 14 nitrogen and oxygen atoms in total. The van der Waals surface area contributed by atoms with Crippen LogP contribution < -0.4 is 10.6 Å². The minimum Gasteiger partial charge on any atom is -0.340 e. The average Bonchev–Trinajstić information content (AvgIpc) is 2.81. The average molecular weight is 542 g/mol. The van der Waals surface area contributed by atoms with Gasteiger partial charge in [0.15, 0.2) is 5.12 Å². The van der Waals surface area contributed by atoms with E-state index in [1.807, 2.05) is 0 Å². The highest BCUT2D eigenvalue weighted by Crippen LogP contribution is 2.33. The molecule has 0 bridgehead atoms. The smallest absolute Gasteiger partial charge is 0.340 e. The normalized spacial score (nSPS) is 21.1. The lowest BCUT2D eigenvalue weighted by molar-refractivity contribution is -0.153. The molecule has 3 N–H and O–H groups in total. The van der Waals surface area contributed by atoms with Crippen molar-refractivity contribution in [3.63, 3.8) is 0 Å². The van der Waals surface area contributed by atoms with Crippen LogP contribution in [0.2, 0.25) is 0 Å². The molecule has 2 aliphatic rings. The molecule has 36 heavy (non-hydrogen) atoms. The third-order valence-corrected chi connectivity index (χ3v) is 7.53. The van der Waals surface area contributed by atoms with E-state index in [1.165, 1.54) is 17.0 Å². The van der Waals surface area contributed by atoms with Crippen molar-refractivity contribution in [2.75, 3.05) is 19.6 Å². The van der Waals surface area contributed by atoms with Gasteiger partial charge in [0.2, 0.25) is 5.91 Å². The number of urea groups is 1. The van der Waals surface area contributed by atoms with Crippen molar-refractivity contribution in [3.05, 3.63) is 35.9 Å². The van der Waals surface area contributed by atoms with Crippen LogP contribution in [0.15, 0.2) is 30.3 Å². The van der Waals surface area contributed by atoms with E-state index in [0.717, 1.165) is 6.92 Å². The lowest BCUT2D eigenvalue weighted by Gasteiger charge is -2.43. The van der Waals surface area contributed by atoms with Crippen LogP contribution in [0.4, 0.5) is 4.79 Å². The summed E-state index contributed by atoms with van der Waals surface area (Å²) >= 11 is 0.407. The summed E-state index contributed by atoms with van der Waals surface area (Å²) in [4.78, 5) is 76.4. The van der Waals surface area contributed by atoms with Gasteiger partial charge in [-0.25, -0.2) is 4.79 Å². The minimum atomic E-state index is -4.99. The number of β-lactam (4-membered cyclic amide) rings is 1. The van der Waals surface area contributed by atoms with E-state index in [2.05, 4.69) is 10.6 Å². The van der Waals surface area contributed by atoms with E-state index in [9.17, 15) is 41.7 Å². The summed E-state index contributed by atoms with van der Waals surface area (Å²) in [6, 6.07) is 3.77. The van der Waals surface area contributed by atoms with Crippen LogP contribution in [-0.4, -0.2) is 92.9 Å². The Balaban J connectivity index is 1.82. The maximum absolute atomic E-state index is 13.2. The van der Waals surface area contributed by atoms with Gasteiger partial charge in [0, 0.05) is 26.6 Å². The molecule has 6 amide bonds. The van der Waals surface area contributed by atoms with Crippen LogP contribution >= 0.6 is 11.8 Å². The highest BCUT2D eigenvalue weighted by atomic mass is 32.2. The second-order valence-electron chi connectivity index (χ2n) is 7.73. The van der Waals surface area contributed by atoms with E-state index >= 15 is 0 Å². The van der Waals surface area contributed by atoms with E-state index in [0.29, 0.717) is 16.7 Å². The maximum atomic E-state index is 13.2. The van der Waals surface area contributed by atoms with Gasteiger partial charge in [-0.15, -0.1) is 0 Å². The number of carbonyl (C=O) groups is 6. The predicted octanol–water partition coefficient (Wildman–Crippen LogP) is -1.14. The number of hydrogen-bond acceptors (Lipinski definition) is 9. The Morgan fingerprint density at radius 3 is 2.31 bits per heavy atom. The summed E-state index contributed by atoms with van der Waals surface area (Å²) in [6.07, 6.45) is 0. The number of carbonyl (C=O) groups excluding carboxylic acids is 6. The van der Waals surface area contributed by atoms with Gasteiger partial charge in [0.1, 0.15) is 17.5 Å². The zero-order valence-corrected chi connectivity index (χ0v) is 20.7. The number of likely N-dealkylation sites (N-methyl/N-ethyl adjacent to an activating group) is 1. The van der Waals surface area contributed by atoms with E-state index < -0.39 is 62.5 Å². The monoisotopic (exact) mass is 541 g/mol. The Kier molecular flexibility index (Phi) is 8.00. The number of nitrogens with zero attached hydrogens (tertiary/aromatic N) is 3. The summed E-state index contributed by atoms with van der Waals surface area (Å²) in [5.41, 5.74) is 0.253. The molecule has 16 heteroatoms. The van der Waals surface area contributed by atoms with Gasteiger partial charge in [-0.1, -0.05) is 42.1 Å². The van der Waals surface area contributed by atoms with Gasteiger partial charge in [0.05, 0.1) is 0 Å². The molecule has 0 radical (unpaired) electrons. The molecular weight excluding hydrogens is 518 g/mol. The number of hydrogen-bond donors (Lipinski definition) is 3. The second-order valence-corrected chi connectivity index (χ2v) is 10.3. The first kappa shape index (κ1) is 27.1. The largest absolute Gasteiger partial charge is 0.363 e. The Bertz CT molecular complexity index is 1210. The molecule has 194 valence electrons. The van der Waals surface area contributed by atoms with Crippen LogP contribution in [0.5, 0.6) is 0 Å². The standard InChI is InChI=1S/C20H23N5O9S2/c1-3-23-9-10-24(18(30)17(23)29)20(31)22-13(12-7-5-4-6-8-12)15(27)21-14-16(28)25(36(32,33)34)19(14)35-11(2)26/h4-8,13-14,19H,3,9-10H2,1-2H3,(H,21,27)(H,22,31)(H,32,33,34)/t13-,14-,19+/m1/s1. The molecule has 0 spiro atoms. The zero-order valence-electron chi connectivity index (χ0n) is 19.1. The molecule has 0 aliphatic carbocycles. The molecule has 0 aromatic heterocycles. The molecule has 0 unspecified atom stereocenters. The maximum Gasteiger partial charge on any atom is 0.363 e. The van der Waals surface area contributed by atoms with Gasteiger partial charge in [-0.05, 0) is 12.5 Å². The third kappa shape index (κ3) is 5.50. The number of benzene rings is 1. The Morgan fingerprint density at radius 2 is 1.75 bits per heavy atom. The number of imide groups is 1. The van der Waals surface area contributed by atoms with E-state index in [-0.39, 0.29) is 29.5 Å². The third-order valence-electron chi connectivity index (χ3n) is 5.43. The molecule has 2 fully saturated rings. The fraction of sp³-hybridized carbons (Fsp3) is 0.400. The Morgan fingerprint density at radius 1 is 1.11 bits per heavy atom. The first-order chi connectivity index (χ1) is 16.9. The quantitative estimate of drug-likeness (QED) is 0.216. The summed E-state index contributed by atoms with van der Waals surface area (Å²) in [5.74, 6) is -4.07. The van der Waals surface area contributed by atoms with Crippen molar-refractivity contribution >= 4 is 56.8 Å². The molecule has 3 rings (SSSR count). The fourth-order valence-corrected chi connectivity index (χ4v) is 5.70. The molecule has 0 saturated carbocycles.